The van der Waals surface area contributed by atoms with Gasteiger partial charge in [-0.05, 0) is 35.2 Å². The second-order valence-corrected chi connectivity index (χ2v) is 9.67. The molecule has 1 heterocycles. The topological polar surface area (TPSA) is 124 Å². The third-order valence-corrected chi connectivity index (χ3v) is 5.79. The zero-order chi connectivity index (χ0) is 22.3. The van der Waals surface area contributed by atoms with E-state index in [1.807, 2.05) is 12.1 Å². The third kappa shape index (κ3) is 4.69. The van der Waals surface area contributed by atoms with Crippen LogP contribution in [-0.4, -0.2) is 18.4 Å². The van der Waals surface area contributed by atoms with Gasteiger partial charge in [-0.1, -0.05) is 50.6 Å². The van der Waals surface area contributed by atoms with E-state index in [0.717, 1.165) is 11.6 Å². The van der Waals surface area contributed by atoms with E-state index in [2.05, 4.69) is 36.1 Å². The van der Waals surface area contributed by atoms with Gasteiger partial charge in [0.25, 0.3) is 0 Å². The van der Waals surface area contributed by atoms with Crippen LogP contribution >= 0.6 is 11.6 Å². The van der Waals surface area contributed by atoms with Crippen molar-refractivity contribution in [3.63, 3.8) is 0 Å². The number of hydrogen-bond donors (Lipinski definition) is 3. The number of sulfonamides is 1. The molecule has 3 rings (SSSR count). The van der Waals surface area contributed by atoms with Crippen LogP contribution in [0.4, 0.5) is 21.8 Å². The monoisotopic (exact) mass is 449 g/mol. The molecule has 0 bridgehead atoms. The van der Waals surface area contributed by atoms with Crippen molar-refractivity contribution in [2.75, 3.05) is 11.1 Å². The van der Waals surface area contributed by atoms with E-state index in [1.165, 1.54) is 12.1 Å². The molecular weight excluding hydrogens is 429 g/mol. The summed E-state index contributed by atoms with van der Waals surface area (Å²) in [5.74, 6) is -1.13. The summed E-state index contributed by atoms with van der Waals surface area (Å²) in [7, 11) is -4.11. The molecule has 0 saturated heterocycles. The molecule has 2 aromatic carbocycles. The average molecular weight is 450 g/mol. The lowest BCUT2D eigenvalue weighted by Crippen LogP contribution is -2.13. The molecule has 1 aromatic heterocycles. The van der Waals surface area contributed by atoms with Gasteiger partial charge in [-0.25, -0.2) is 22.9 Å². The Kier molecular flexibility index (Phi) is 5.72. The van der Waals surface area contributed by atoms with Crippen molar-refractivity contribution in [3.05, 3.63) is 58.9 Å². The van der Waals surface area contributed by atoms with Crippen molar-refractivity contribution in [3.8, 4) is 11.3 Å². The fourth-order valence-electron chi connectivity index (χ4n) is 2.80. The zero-order valence-corrected chi connectivity index (χ0v) is 18.1. The molecule has 0 saturated carbocycles. The predicted molar refractivity (Wildman–Crippen MR) is 117 cm³/mol. The van der Waals surface area contributed by atoms with Gasteiger partial charge in [-0.15, -0.1) is 0 Å². The molecule has 7 nitrogen and oxygen atoms in total. The standard InChI is InChI=1S/C20H21ClFN5O2S/c1-20(2,3)12-5-7-13(8-6-12)25-18-16(22)17(26-19(23)27-18)11-4-9-14(21)15(10-11)30(24,28)29/h4-10H,1-3H3,(H2,24,28,29)(H3,23,25,26,27). The number of nitrogen functional groups attached to an aromatic ring is 1. The van der Waals surface area contributed by atoms with Gasteiger partial charge in [-0.2, -0.15) is 4.98 Å². The first-order valence-corrected chi connectivity index (χ1v) is 10.8. The molecule has 0 aliphatic carbocycles. The van der Waals surface area contributed by atoms with Gasteiger partial charge in [0.15, 0.2) is 11.6 Å². The SMILES string of the molecule is CC(C)(C)c1ccc(Nc2nc(N)nc(-c3ccc(Cl)c(S(N)(=O)=O)c3)c2F)cc1. The van der Waals surface area contributed by atoms with Crippen molar-refractivity contribution in [1.29, 1.82) is 0 Å². The highest BCUT2D eigenvalue weighted by Crippen LogP contribution is 2.32. The highest BCUT2D eigenvalue weighted by molar-refractivity contribution is 7.89. The molecule has 0 unspecified atom stereocenters. The summed E-state index contributed by atoms with van der Waals surface area (Å²) in [6.45, 7) is 6.28. The second-order valence-electron chi connectivity index (χ2n) is 7.74. The summed E-state index contributed by atoms with van der Waals surface area (Å²) in [5, 5.41) is 7.97. The third-order valence-electron chi connectivity index (χ3n) is 4.39. The van der Waals surface area contributed by atoms with Crippen molar-refractivity contribution in [2.45, 2.75) is 31.1 Å². The highest BCUT2D eigenvalue weighted by atomic mass is 35.5. The Morgan fingerprint density at radius 3 is 2.27 bits per heavy atom. The number of primary sulfonamides is 1. The molecule has 0 spiro atoms. The van der Waals surface area contributed by atoms with Crippen molar-refractivity contribution < 1.29 is 12.8 Å². The molecular formula is C20H21ClFN5O2S. The van der Waals surface area contributed by atoms with Crippen molar-refractivity contribution in [1.82, 2.24) is 9.97 Å². The molecule has 158 valence electrons. The number of benzene rings is 2. The molecule has 0 atom stereocenters. The van der Waals surface area contributed by atoms with Crippen LogP contribution in [0.1, 0.15) is 26.3 Å². The van der Waals surface area contributed by atoms with Crippen molar-refractivity contribution in [2.24, 2.45) is 5.14 Å². The molecule has 0 aliphatic heterocycles. The van der Waals surface area contributed by atoms with Crippen LogP contribution in [0.5, 0.6) is 0 Å². The molecule has 3 aromatic rings. The number of aromatic nitrogens is 2. The molecule has 0 radical (unpaired) electrons. The maximum absolute atomic E-state index is 15.2. The summed E-state index contributed by atoms with van der Waals surface area (Å²) in [5.41, 5.74) is 7.41. The first-order chi connectivity index (χ1) is 13.9. The Bertz CT molecular complexity index is 1210. The predicted octanol–water partition coefficient (Wildman–Crippen LogP) is 4.21. The zero-order valence-electron chi connectivity index (χ0n) is 16.6. The van der Waals surface area contributed by atoms with Crippen LogP contribution in [-0.2, 0) is 15.4 Å². The summed E-state index contributed by atoms with van der Waals surface area (Å²) >= 11 is 5.90. The number of hydrogen-bond acceptors (Lipinski definition) is 6. The van der Waals surface area contributed by atoms with E-state index < -0.39 is 15.8 Å². The Balaban J connectivity index is 2.03. The Hall–Kier alpha value is -2.75. The largest absolute Gasteiger partial charge is 0.368 e. The molecule has 5 N–H and O–H groups in total. The van der Waals surface area contributed by atoms with Gasteiger partial charge in [0.05, 0.1) is 5.02 Å². The normalized spacial score (nSPS) is 12.1. The lowest BCUT2D eigenvalue weighted by atomic mass is 9.87. The van der Waals surface area contributed by atoms with Crippen LogP contribution < -0.4 is 16.2 Å². The quantitative estimate of drug-likeness (QED) is 0.548. The van der Waals surface area contributed by atoms with E-state index in [0.29, 0.717) is 5.69 Å². The van der Waals surface area contributed by atoms with Crippen LogP contribution in [0.2, 0.25) is 5.02 Å². The van der Waals surface area contributed by atoms with E-state index >= 15 is 4.39 Å². The maximum atomic E-state index is 15.2. The molecule has 10 heteroatoms. The van der Waals surface area contributed by atoms with Crippen molar-refractivity contribution >= 4 is 39.1 Å². The summed E-state index contributed by atoms with van der Waals surface area (Å²) in [4.78, 5) is 7.50. The molecule has 0 aliphatic rings. The average Bonchev–Trinajstić information content (AvgIpc) is 2.64. The number of halogens is 2. The number of rotatable bonds is 4. The number of nitrogens with two attached hydrogens (primary N) is 2. The first-order valence-electron chi connectivity index (χ1n) is 8.89. The maximum Gasteiger partial charge on any atom is 0.239 e. The first kappa shape index (κ1) is 21.9. The van der Waals surface area contributed by atoms with Gasteiger partial charge < -0.3 is 11.1 Å². The van der Waals surface area contributed by atoms with Crippen LogP contribution in [0.25, 0.3) is 11.3 Å². The molecule has 0 fully saturated rings. The minimum atomic E-state index is -4.11. The van der Waals surface area contributed by atoms with E-state index in [9.17, 15) is 8.42 Å². The summed E-state index contributed by atoms with van der Waals surface area (Å²) in [6, 6.07) is 11.3. The van der Waals surface area contributed by atoms with E-state index in [4.69, 9.17) is 22.5 Å². The van der Waals surface area contributed by atoms with Gasteiger partial charge in [0.1, 0.15) is 10.6 Å². The number of anilines is 3. The number of nitrogens with one attached hydrogen (secondary N) is 1. The van der Waals surface area contributed by atoms with Gasteiger partial charge in [0.2, 0.25) is 16.0 Å². The molecule has 0 amide bonds. The minimum absolute atomic E-state index is 0.0219. The lowest BCUT2D eigenvalue weighted by molar-refractivity contribution is 0.590. The van der Waals surface area contributed by atoms with Gasteiger partial charge >= 0.3 is 0 Å². The molecule has 30 heavy (non-hydrogen) atoms. The summed E-state index contributed by atoms with van der Waals surface area (Å²) < 4.78 is 38.6. The second kappa shape index (κ2) is 7.82. The summed E-state index contributed by atoms with van der Waals surface area (Å²) in [6.07, 6.45) is 0. The Morgan fingerprint density at radius 1 is 1.07 bits per heavy atom. The lowest BCUT2D eigenvalue weighted by Gasteiger charge is -2.19. The van der Waals surface area contributed by atoms with Gasteiger partial charge in [0, 0.05) is 11.3 Å². The smallest absolute Gasteiger partial charge is 0.239 e. The van der Waals surface area contributed by atoms with E-state index in [-0.39, 0.29) is 38.4 Å². The minimum Gasteiger partial charge on any atom is -0.368 e. The number of nitrogens with zero attached hydrogens (tertiary/aromatic N) is 2. The Morgan fingerprint density at radius 2 is 1.70 bits per heavy atom. The fraction of sp³-hybridized carbons (Fsp3) is 0.200. The van der Waals surface area contributed by atoms with E-state index in [1.54, 1.807) is 12.1 Å². The van der Waals surface area contributed by atoms with Gasteiger partial charge in [-0.3, -0.25) is 0 Å². The van der Waals surface area contributed by atoms with Crippen LogP contribution in [0.15, 0.2) is 47.4 Å². The van der Waals surface area contributed by atoms with Crippen LogP contribution in [0, 0.1) is 5.82 Å². The Labute approximate surface area is 179 Å². The van der Waals surface area contributed by atoms with Crippen LogP contribution in [0.3, 0.4) is 0 Å². The highest BCUT2D eigenvalue weighted by Gasteiger charge is 2.20. The fourth-order valence-corrected chi connectivity index (χ4v) is 3.87.